The average molecular weight is 316 g/mol. The van der Waals surface area contributed by atoms with Gasteiger partial charge in [-0.1, -0.05) is 0 Å². The highest BCUT2D eigenvalue weighted by Gasteiger charge is 2.13. The minimum absolute atomic E-state index is 0.0759. The second kappa shape index (κ2) is 3.39. The van der Waals surface area contributed by atoms with Gasteiger partial charge in [-0.25, -0.2) is 17.9 Å². The van der Waals surface area contributed by atoms with Gasteiger partial charge in [-0.3, -0.25) is 0 Å². The average Bonchev–Trinajstić information content (AvgIpc) is 1.97. The quantitative estimate of drug-likeness (QED) is 0.589. The Morgan fingerprint density at radius 2 is 1.92 bits per heavy atom. The van der Waals surface area contributed by atoms with Crippen LogP contribution in [0.2, 0.25) is 0 Å². The summed E-state index contributed by atoms with van der Waals surface area (Å²) in [4.78, 5) is -0.274. The smallest absolute Gasteiger partial charge is 0.238 e. The van der Waals surface area contributed by atoms with Crippen LogP contribution in [0, 0.1) is 9.39 Å². The van der Waals surface area contributed by atoms with Crippen molar-refractivity contribution in [3.63, 3.8) is 0 Å². The van der Waals surface area contributed by atoms with Crippen LogP contribution in [-0.2, 0) is 10.0 Å². The predicted octanol–water partition coefficient (Wildman–Crippen LogP) is 0.660. The van der Waals surface area contributed by atoms with E-state index in [-0.39, 0.29) is 10.6 Å². The summed E-state index contributed by atoms with van der Waals surface area (Å²) < 4.78 is 34.9. The lowest BCUT2D eigenvalue weighted by Gasteiger charge is -2.03. The maximum Gasteiger partial charge on any atom is 0.238 e. The van der Waals surface area contributed by atoms with Crippen molar-refractivity contribution in [1.29, 1.82) is 0 Å². The Morgan fingerprint density at radius 3 is 2.31 bits per heavy atom. The lowest BCUT2D eigenvalue weighted by molar-refractivity contribution is 0.593. The molecule has 0 aromatic heterocycles. The van der Waals surface area contributed by atoms with E-state index in [1.54, 1.807) is 22.6 Å². The van der Waals surface area contributed by atoms with Crippen molar-refractivity contribution in [3.8, 4) is 0 Å². The Labute approximate surface area is 88.3 Å². The zero-order valence-electron chi connectivity index (χ0n) is 6.29. The van der Waals surface area contributed by atoms with E-state index in [0.29, 0.717) is 3.57 Å². The number of nitrogens with two attached hydrogens (primary N) is 2. The molecule has 1 rings (SSSR count). The minimum atomic E-state index is -3.86. The van der Waals surface area contributed by atoms with E-state index in [0.717, 1.165) is 6.07 Å². The molecule has 0 atom stereocenters. The minimum Gasteiger partial charge on any atom is -0.395 e. The SMILES string of the molecule is Nc1c(F)cc(S(N)(=O)=O)cc1I. The van der Waals surface area contributed by atoms with E-state index in [1.807, 2.05) is 0 Å². The number of rotatable bonds is 1. The molecule has 0 heterocycles. The van der Waals surface area contributed by atoms with Gasteiger partial charge in [-0.15, -0.1) is 0 Å². The summed E-state index contributed by atoms with van der Waals surface area (Å²) in [6.07, 6.45) is 0. The van der Waals surface area contributed by atoms with Crippen LogP contribution in [0.15, 0.2) is 17.0 Å². The molecule has 0 amide bonds. The number of anilines is 1. The van der Waals surface area contributed by atoms with Crippen molar-refractivity contribution in [2.75, 3.05) is 5.73 Å². The number of hydrogen-bond acceptors (Lipinski definition) is 3. The van der Waals surface area contributed by atoms with Gasteiger partial charge in [0.1, 0.15) is 5.82 Å². The summed E-state index contributed by atoms with van der Waals surface area (Å²) in [5.41, 5.74) is 5.20. The van der Waals surface area contributed by atoms with Crippen LogP contribution >= 0.6 is 22.6 Å². The van der Waals surface area contributed by atoms with Crippen molar-refractivity contribution in [2.24, 2.45) is 5.14 Å². The van der Waals surface area contributed by atoms with Crippen molar-refractivity contribution >= 4 is 38.3 Å². The van der Waals surface area contributed by atoms with E-state index in [4.69, 9.17) is 10.9 Å². The van der Waals surface area contributed by atoms with E-state index in [2.05, 4.69) is 0 Å². The molecule has 4 N–H and O–H groups in total. The van der Waals surface area contributed by atoms with E-state index < -0.39 is 15.8 Å². The maximum atomic E-state index is 12.9. The molecule has 0 spiro atoms. The number of primary sulfonamides is 1. The molecule has 1 aromatic carbocycles. The number of nitrogen functional groups attached to an aromatic ring is 1. The number of hydrogen-bond donors (Lipinski definition) is 2. The highest BCUT2D eigenvalue weighted by Crippen LogP contribution is 2.22. The lowest BCUT2D eigenvalue weighted by Crippen LogP contribution is -2.13. The first-order valence-corrected chi connectivity index (χ1v) is 5.72. The van der Waals surface area contributed by atoms with Crippen LogP contribution in [0.3, 0.4) is 0 Å². The fourth-order valence-corrected chi connectivity index (χ4v) is 2.08. The Kier molecular flexibility index (Phi) is 2.78. The summed E-state index contributed by atoms with van der Waals surface area (Å²) in [7, 11) is -3.86. The molecular formula is C6H6FIN2O2S. The second-order valence-electron chi connectivity index (χ2n) is 2.35. The molecule has 0 aliphatic carbocycles. The third-order valence-electron chi connectivity index (χ3n) is 1.38. The Bertz CT molecular complexity index is 423. The van der Waals surface area contributed by atoms with Gasteiger partial charge in [0.25, 0.3) is 0 Å². The molecule has 72 valence electrons. The molecule has 13 heavy (non-hydrogen) atoms. The highest BCUT2D eigenvalue weighted by molar-refractivity contribution is 14.1. The van der Waals surface area contributed by atoms with Crippen molar-refractivity contribution in [2.45, 2.75) is 4.90 Å². The summed E-state index contributed by atoms with van der Waals surface area (Å²) in [5, 5.41) is 4.81. The molecular weight excluding hydrogens is 310 g/mol. The van der Waals surface area contributed by atoms with Crippen molar-refractivity contribution in [1.82, 2.24) is 0 Å². The molecule has 1 aromatic rings. The number of sulfonamides is 1. The van der Waals surface area contributed by atoms with Gasteiger partial charge in [0.05, 0.1) is 10.6 Å². The topological polar surface area (TPSA) is 86.2 Å². The van der Waals surface area contributed by atoms with Gasteiger partial charge < -0.3 is 5.73 Å². The third-order valence-corrected chi connectivity index (χ3v) is 3.17. The summed E-state index contributed by atoms with van der Waals surface area (Å²) in [5.74, 6) is -0.782. The van der Waals surface area contributed by atoms with Crippen LogP contribution in [0.1, 0.15) is 0 Å². The van der Waals surface area contributed by atoms with E-state index >= 15 is 0 Å². The van der Waals surface area contributed by atoms with Crippen LogP contribution in [0.5, 0.6) is 0 Å². The zero-order valence-corrected chi connectivity index (χ0v) is 9.26. The molecule has 7 heteroatoms. The standard InChI is InChI=1S/C6H6FIN2O2S/c7-4-1-3(13(10,11)12)2-5(8)6(4)9/h1-2H,9H2,(H2,10,11,12). The molecule has 0 bridgehead atoms. The number of halogens is 2. The first kappa shape index (κ1) is 10.7. The predicted molar refractivity (Wildman–Crippen MR) is 54.9 cm³/mol. The van der Waals surface area contributed by atoms with E-state index in [1.165, 1.54) is 6.07 Å². The molecule has 4 nitrogen and oxygen atoms in total. The van der Waals surface area contributed by atoms with Crippen LogP contribution in [-0.4, -0.2) is 8.42 Å². The Balaban J connectivity index is 3.47. The highest BCUT2D eigenvalue weighted by atomic mass is 127. The molecule has 0 saturated carbocycles. The summed E-state index contributed by atoms with van der Waals surface area (Å²) in [6.45, 7) is 0. The summed E-state index contributed by atoms with van der Waals surface area (Å²) >= 11 is 1.73. The van der Waals surface area contributed by atoms with Gasteiger partial charge >= 0.3 is 0 Å². The van der Waals surface area contributed by atoms with Crippen LogP contribution in [0.4, 0.5) is 10.1 Å². The first-order chi connectivity index (χ1) is 5.82. The zero-order chi connectivity index (χ0) is 10.2. The fourth-order valence-electron chi connectivity index (χ4n) is 0.725. The molecule has 0 aliphatic rings. The van der Waals surface area contributed by atoms with Crippen molar-refractivity contribution in [3.05, 3.63) is 21.5 Å². The normalized spacial score (nSPS) is 11.6. The Morgan fingerprint density at radius 1 is 1.38 bits per heavy atom. The monoisotopic (exact) mass is 316 g/mol. The third kappa shape index (κ3) is 2.29. The van der Waals surface area contributed by atoms with Gasteiger partial charge in [-0.05, 0) is 34.7 Å². The largest absolute Gasteiger partial charge is 0.395 e. The van der Waals surface area contributed by atoms with Gasteiger partial charge in [0, 0.05) is 3.57 Å². The fraction of sp³-hybridized carbons (Fsp3) is 0. The molecule has 0 aliphatic heterocycles. The van der Waals surface area contributed by atoms with Crippen molar-refractivity contribution < 1.29 is 12.8 Å². The molecule has 0 radical (unpaired) electrons. The van der Waals surface area contributed by atoms with Crippen LogP contribution in [0.25, 0.3) is 0 Å². The van der Waals surface area contributed by atoms with Gasteiger partial charge in [0.15, 0.2) is 0 Å². The molecule has 0 unspecified atom stereocenters. The van der Waals surface area contributed by atoms with Gasteiger partial charge in [-0.2, -0.15) is 0 Å². The maximum absolute atomic E-state index is 12.9. The first-order valence-electron chi connectivity index (χ1n) is 3.09. The van der Waals surface area contributed by atoms with E-state index in [9.17, 15) is 12.8 Å². The molecule has 0 saturated heterocycles. The lowest BCUT2D eigenvalue weighted by atomic mass is 10.3. The van der Waals surface area contributed by atoms with Crippen LogP contribution < -0.4 is 10.9 Å². The Hall–Kier alpha value is -0.410. The second-order valence-corrected chi connectivity index (χ2v) is 5.07. The number of benzene rings is 1. The van der Waals surface area contributed by atoms with Gasteiger partial charge in [0.2, 0.25) is 10.0 Å². The summed E-state index contributed by atoms with van der Waals surface area (Å²) in [6, 6.07) is 2.02. The molecule has 0 fully saturated rings.